The molecule has 1 unspecified atom stereocenters. The minimum Gasteiger partial charge on any atom is -0.481 e. The van der Waals surface area contributed by atoms with E-state index in [-0.39, 0.29) is 35.5 Å². The molecule has 172 valence electrons. The van der Waals surface area contributed by atoms with Gasteiger partial charge in [-0.1, -0.05) is 0 Å². The highest BCUT2D eigenvalue weighted by molar-refractivity contribution is 5.96. The molecule has 0 bridgehead atoms. The summed E-state index contributed by atoms with van der Waals surface area (Å²) in [5.41, 5.74) is 7.19. The van der Waals surface area contributed by atoms with Crippen LogP contribution >= 0.6 is 0 Å². The van der Waals surface area contributed by atoms with Gasteiger partial charge in [-0.25, -0.2) is 9.78 Å². The molecule has 0 radical (unpaired) electrons. The number of hydrogen-bond donors (Lipinski definition) is 6. The molecular weight excluding hydrogens is 434 g/mol. The van der Waals surface area contributed by atoms with Gasteiger partial charge in [-0.05, 0) is 30.7 Å². The lowest BCUT2D eigenvalue weighted by atomic mass is 10.1. The highest BCUT2D eigenvalue weighted by atomic mass is 16.4. The Morgan fingerprint density at radius 1 is 1.21 bits per heavy atom. The van der Waals surface area contributed by atoms with E-state index in [9.17, 15) is 19.2 Å². The van der Waals surface area contributed by atoms with E-state index < -0.39 is 29.4 Å². The summed E-state index contributed by atoms with van der Waals surface area (Å²) in [6.45, 7) is 0.311. The van der Waals surface area contributed by atoms with Crippen LogP contribution in [0.2, 0.25) is 0 Å². The van der Waals surface area contributed by atoms with Crippen LogP contribution in [0.15, 0.2) is 35.3 Å². The summed E-state index contributed by atoms with van der Waals surface area (Å²) < 4.78 is 1.64. The fourth-order valence-electron chi connectivity index (χ4n) is 3.09. The minimum absolute atomic E-state index is 0.0217. The largest absolute Gasteiger partial charge is 0.481 e. The van der Waals surface area contributed by atoms with E-state index in [0.29, 0.717) is 17.9 Å². The third-order valence-electron chi connectivity index (χ3n) is 4.87. The van der Waals surface area contributed by atoms with Crippen LogP contribution in [-0.2, 0) is 23.2 Å². The van der Waals surface area contributed by atoms with Crippen molar-refractivity contribution in [1.29, 1.82) is 0 Å². The number of aromatic amines is 1. The van der Waals surface area contributed by atoms with Gasteiger partial charge in [0.15, 0.2) is 0 Å². The minimum atomic E-state index is -1.31. The number of amides is 1. The van der Waals surface area contributed by atoms with Gasteiger partial charge in [-0.3, -0.25) is 19.4 Å². The van der Waals surface area contributed by atoms with Gasteiger partial charge < -0.3 is 26.6 Å². The molecule has 3 rings (SSSR count). The molecule has 13 heteroatoms. The van der Waals surface area contributed by atoms with Crippen LogP contribution in [-0.4, -0.2) is 49.1 Å². The highest BCUT2D eigenvalue weighted by Crippen LogP contribution is 2.12. The average molecular weight is 456 g/mol. The van der Waals surface area contributed by atoms with Crippen LogP contribution in [0.1, 0.15) is 28.9 Å². The van der Waals surface area contributed by atoms with Crippen molar-refractivity contribution in [3.05, 3.63) is 52.1 Å². The molecule has 1 amide bonds. The summed E-state index contributed by atoms with van der Waals surface area (Å²) in [5, 5.41) is 23.3. The van der Waals surface area contributed by atoms with Crippen molar-refractivity contribution in [3.63, 3.8) is 0 Å². The predicted octanol–water partition coefficient (Wildman–Crippen LogP) is -0.615. The number of aliphatic carboxylic acids is 2. The quantitative estimate of drug-likeness (QED) is 0.225. The summed E-state index contributed by atoms with van der Waals surface area (Å²) in [5.74, 6) is -3.11. The smallest absolute Gasteiger partial charge is 0.326 e. The topological polar surface area (TPSA) is 204 Å². The average Bonchev–Trinajstić information content (AvgIpc) is 2.75. The number of carboxylic acid groups (broad SMARTS) is 2. The van der Waals surface area contributed by atoms with Crippen LogP contribution in [0.25, 0.3) is 11.2 Å². The second kappa shape index (κ2) is 9.72. The fraction of sp³-hybridized carbons (Fsp3) is 0.250. The van der Waals surface area contributed by atoms with Gasteiger partial charge in [0.05, 0.1) is 6.20 Å². The zero-order valence-corrected chi connectivity index (χ0v) is 17.5. The number of carboxylic acids is 2. The number of nitrogens with two attached hydrogens (primary N) is 1. The summed E-state index contributed by atoms with van der Waals surface area (Å²) >= 11 is 0. The van der Waals surface area contributed by atoms with Crippen molar-refractivity contribution in [2.24, 2.45) is 7.05 Å². The zero-order valence-electron chi connectivity index (χ0n) is 17.5. The normalized spacial score (nSPS) is 11.7. The number of aryl methyl sites for hydroxylation is 1. The van der Waals surface area contributed by atoms with Gasteiger partial charge in [-0.15, -0.1) is 0 Å². The molecular formula is C20H22N7O6+. The van der Waals surface area contributed by atoms with E-state index in [1.54, 1.807) is 29.9 Å². The van der Waals surface area contributed by atoms with Gasteiger partial charge in [0.2, 0.25) is 17.3 Å². The van der Waals surface area contributed by atoms with E-state index in [1.165, 1.54) is 12.1 Å². The molecule has 3 aromatic rings. The standard InChI is InChI=1S/C20H21N7O6/c1-27-12(9-23-16-15(27)18(31)26-20(21)25-16)8-22-11-4-2-10(3-5-11)17(30)24-13(19(32)33)6-7-14(28)29/h2-5,9,13H,6-8H2,1H3,(H6-,21,22,23,24,25,26,28,29,30,31,32,33)/p+1. The van der Waals surface area contributed by atoms with E-state index in [0.717, 1.165) is 0 Å². The summed E-state index contributed by atoms with van der Waals surface area (Å²) in [6.07, 6.45) is 0.959. The number of benzene rings is 1. The first-order valence-electron chi connectivity index (χ1n) is 9.78. The van der Waals surface area contributed by atoms with Gasteiger partial charge in [0, 0.05) is 17.7 Å². The number of nitrogens with zero attached hydrogens (tertiary/aromatic N) is 3. The molecule has 0 aliphatic rings. The van der Waals surface area contributed by atoms with Crippen molar-refractivity contribution in [2.75, 3.05) is 11.1 Å². The molecule has 33 heavy (non-hydrogen) atoms. The van der Waals surface area contributed by atoms with Crippen LogP contribution in [0, 0.1) is 0 Å². The second-order valence-corrected chi connectivity index (χ2v) is 7.16. The summed E-state index contributed by atoms with van der Waals surface area (Å²) in [7, 11) is 1.70. The van der Waals surface area contributed by atoms with Crippen LogP contribution < -0.4 is 26.5 Å². The molecule has 0 fully saturated rings. The zero-order chi connectivity index (χ0) is 24.1. The van der Waals surface area contributed by atoms with Crippen molar-refractivity contribution < 1.29 is 29.2 Å². The Hall–Kier alpha value is -4.55. The number of anilines is 2. The molecule has 1 aromatic carbocycles. The van der Waals surface area contributed by atoms with Crippen LogP contribution in [0.4, 0.5) is 11.6 Å². The van der Waals surface area contributed by atoms with Gasteiger partial charge in [-0.2, -0.15) is 9.55 Å². The van der Waals surface area contributed by atoms with E-state index in [1.807, 2.05) is 0 Å². The molecule has 2 heterocycles. The molecule has 7 N–H and O–H groups in total. The number of aromatic nitrogens is 4. The third kappa shape index (κ3) is 5.58. The molecule has 2 aromatic heterocycles. The first kappa shape index (κ1) is 23.1. The number of nitrogens with one attached hydrogen (secondary N) is 3. The molecule has 0 saturated carbocycles. The molecule has 0 aliphatic heterocycles. The number of hydrogen-bond acceptors (Lipinski definition) is 8. The highest BCUT2D eigenvalue weighted by Gasteiger charge is 2.22. The van der Waals surface area contributed by atoms with E-state index >= 15 is 0 Å². The van der Waals surface area contributed by atoms with Crippen molar-refractivity contribution in [3.8, 4) is 0 Å². The fourth-order valence-corrected chi connectivity index (χ4v) is 3.09. The maximum Gasteiger partial charge on any atom is 0.326 e. The first-order chi connectivity index (χ1) is 15.7. The maximum atomic E-state index is 12.3. The SMILES string of the molecule is C[n+]1c(CNc2ccc(C(=O)NC(CCC(=O)O)C(=O)O)cc2)cnc2nc(N)[nH]c(=O)c21. The number of H-pyrrole nitrogens is 1. The van der Waals surface area contributed by atoms with Crippen molar-refractivity contribution in [2.45, 2.75) is 25.4 Å². The summed E-state index contributed by atoms with van der Waals surface area (Å²) in [4.78, 5) is 57.0. The second-order valence-electron chi connectivity index (χ2n) is 7.16. The lowest BCUT2D eigenvalue weighted by molar-refractivity contribution is -0.653. The maximum absolute atomic E-state index is 12.3. The van der Waals surface area contributed by atoms with Crippen molar-refractivity contribution >= 4 is 40.6 Å². The molecule has 13 nitrogen and oxygen atoms in total. The number of carbonyl (C=O) groups excluding carboxylic acids is 1. The number of nitrogen functional groups attached to an aromatic ring is 1. The molecule has 0 spiro atoms. The monoisotopic (exact) mass is 456 g/mol. The van der Waals surface area contributed by atoms with Gasteiger partial charge >= 0.3 is 23.0 Å². The Balaban J connectivity index is 1.67. The molecule has 0 aliphatic carbocycles. The van der Waals surface area contributed by atoms with Crippen LogP contribution in [0.3, 0.4) is 0 Å². The number of carbonyl (C=O) groups is 3. The lowest BCUT2D eigenvalue weighted by Gasteiger charge is -2.14. The number of rotatable bonds is 9. The number of fused-ring (bicyclic) bond motifs is 1. The molecule has 1 atom stereocenters. The Labute approximate surface area is 186 Å². The Morgan fingerprint density at radius 2 is 1.91 bits per heavy atom. The third-order valence-corrected chi connectivity index (χ3v) is 4.87. The Bertz CT molecular complexity index is 1270. The van der Waals surface area contributed by atoms with E-state index in [4.69, 9.17) is 15.9 Å². The van der Waals surface area contributed by atoms with Crippen LogP contribution in [0.5, 0.6) is 0 Å². The van der Waals surface area contributed by atoms with Crippen molar-refractivity contribution in [1.82, 2.24) is 20.3 Å². The predicted molar refractivity (Wildman–Crippen MR) is 115 cm³/mol. The Morgan fingerprint density at radius 3 is 2.55 bits per heavy atom. The lowest BCUT2D eigenvalue weighted by Crippen LogP contribution is -2.41. The van der Waals surface area contributed by atoms with E-state index in [2.05, 4.69) is 25.6 Å². The Kier molecular flexibility index (Phi) is 6.81. The summed E-state index contributed by atoms with van der Waals surface area (Å²) in [6, 6.07) is 4.96. The van der Waals surface area contributed by atoms with Gasteiger partial charge in [0.1, 0.15) is 19.6 Å². The molecule has 0 saturated heterocycles. The van der Waals surface area contributed by atoms with Gasteiger partial charge in [0.25, 0.3) is 5.91 Å². The first-order valence-corrected chi connectivity index (χ1v) is 9.78.